The Hall–Kier alpha value is -1.91. The van der Waals surface area contributed by atoms with Gasteiger partial charge in [-0.05, 0) is 43.7 Å². The third-order valence-corrected chi connectivity index (χ3v) is 5.23. The van der Waals surface area contributed by atoms with Crippen LogP contribution in [0.5, 0.6) is 0 Å². The number of fused-ring (bicyclic) bond motifs is 1. The zero-order valence-electron chi connectivity index (χ0n) is 14.6. The number of nitrogens with one attached hydrogen (secondary N) is 1. The lowest BCUT2D eigenvalue weighted by molar-refractivity contribution is -0.140. The topological polar surface area (TPSA) is 52.6 Å². The number of amides is 1. The minimum Gasteiger partial charge on any atom is -0.391 e. The molecule has 0 aliphatic carbocycles. The standard InChI is InChI=1S/C20H26N2O2/c1-20(2,21-3)19(24)22-11-10-17(18(23)13-22)16-9-8-14-6-4-5-7-15(14)12-16/h4-9,12,17-18,21,23H,10-11,13H2,1-3H3/t17-,18+/m0/s1. The van der Waals surface area contributed by atoms with Crippen LogP contribution < -0.4 is 5.32 Å². The number of β-amino-alcohol motifs (C(OH)–C–C–N with tert-alkyl or cyclic N) is 1. The predicted octanol–water partition coefficient (Wildman–Crippen LogP) is 2.51. The molecule has 3 rings (SSSR count). The van der Waals surface area contributed by atoms with Crippen molar-refractivity contribution in [1.82, 2.24) is 10.2 Å². The average Bonchev–Trinajstić information content (AvgIpc) is 2.60. The highest BCUT2D eigenvalue weighted by atomic mass is 16.3. The molecule has 1 aliphatic heterocycles. The highest BCUT2D eigenvalue weighted by Crippen LogP contribution is 2.31. The number of likely N-dealkylation sites (tertiary alicyclic amines) is 1. The summed E-state index contributed by atoms with van der Waals surface area (Å²) in [5.41, 5.74) is 0.552. The minimum atomic E-state index is -0.602. The molecule has 128 valence electrons. The lowest BCUT2D eigenvalue weighted by Gasteiger charge is -2.39. The van der Waals surface area contributed by atoms with Crippen molar-refractivity contribution in [2.45, 2.75) is 37.8 Å². The molecule has 2 N–H and O–H groups in total. The van der Waals surface area contributed by atoms with Crippen molar-refractivity contribution < 1.29 is 9.90 Å². The molecule has 2 atom stereocenters. The van der Waals surface area contributed by atoms with Crippen molar-refractivity contribution in [2.75, 3.05) is 20.1 Å². The summed E-state index contributed by atoms with van der Waals surface area (Å²) in [5, 5.41) is 16.1. The molecule has 1 aliphatic rings. The Morgan fingerprint density at radius 2 is 1.92 bits per heavy atom. The van der Waals surface area contributed by atoms with Crippen molar-refractivity contribution in [3.05, 3.63) is 48.0 Å². The number of aliphatic hydroxyl groups is 1. The fraction of sp³-hybridized carbons (Fsp3) is 0.450. The lowest BCUT2D eigenvalue weighted by atomic mass is 9.85. The van der Waals surface area contributed by atoms with E-state index < -0.39 is 11.6 Å². The van der Waals surface area contributed by atoms with Gasteiger partial charge in [-0.3, -0.25) is 4.79 Å². The number of hydrogen-bond acceptors (Lipinski definition) is 3. The summed E-state index contributed by atoms with van der Waals surface area (Å²) in [4.78, 5) is 14.3. The fourth-order valence-electron chi connectivity index (χ4n) is 3.45. The molecule has 2 aromatic rings. The predicted molar refractivity (Wildman–Crippen MR) is 97.0 cm³/mol. The van der Waals surface area contributed by atoms with Crippen molar-refractivity contribution in [3.63, 3.8) is 0 Å². The van der Waals surface area contributed by atoms with Gasteiger partial charge >= 0.3 is 0 Å². The zero-order chi connectivity index (χ0) is 17.3. The maximum atomic E-state index is 12.6. The number of carbonyl (C=O) groups excluding carboxylic acids is 1. The van der Waals surface area contributed by atoms with Gasteiger partial charge in [-0.2, -0.15) is 0 Å². The molecular weight excluding hydrogens is 300 g/mol. The maximum Gasteiger partial charge on any atom is 0.242 e. The van der Waals surface area contributed by atoms with E-state index in [1.165, 1.54) is 10.8 Å². The maximum absolute atomic E-state index is 12.6. The van der Waals surface area contributed by atoms with E-state index in [0.29, 0.717) is 13.1 Å². The third kappa shape index (κ3) is 3.17. The van der Waals surface area contributed by atoms with Gasteiger partial charge in [0, 0.05) is 19.0 Å². The normalized spacial score (nSPS) is 21.9. The average molecular weight is 326 g/mol. The van der Waals surface area contributed by atoms with Crippen LogP contribution in [0, 0.1) is 0 Å². The smallest absolute Gasteiger partial charge is 0.242 e. The van der Waals surface area contributed by atoms with Crippen LogP contribution in [0.3, 0.4) is 0 Å². The van der Waals surface area contributed by atoms with Crippen LogP contribution in [0.25, 0.3) is 10.8 Å². The van der Waals surface area contributed by atoms with Crippen molar-refractivity contribution in [3.8, 4) is 0 Å². The monoisotopic (exact) mass is 326 g/mol. The first-order valence-corrected chi connectivity index (χ1v) is 8.57. The Morgan fingerprint density at radius 3 is 2.58 bits per heavy atom. The molecule has 0 spiro atoms. The van der Waals surface area contributed by atoms with E-state index in [-0.39, 0.29) is 11.8 Å². The summed E-state index contributed by atoms with van der Waals surface area (Å²) in [6.45, 7) is 4.81. The van der Waals surface area contributed by atoms with E-state index >= 15 is 0 Å². The molecule has 1 amide bonds. The van der Waals surface area contributed by atoms with E-state index in [2.05, 4.69) is 35.6 Å². The van der Waals surface area contributed by atoms with Gasteiger partial charge in [-0.1, -0.05) is 42.5 Å². The lowest BCUT2D eigenvalue weighted by Crippen LogP contribution is -2.56. The molecule has 0 bridgehead atoms. The van der Waals surface area contributed by atoms with Crippen LogP contribution in [-0.2, 0) is 4.79 Å². The first-order chi connectivity index (χ1) is 11.4. The Balaban J connectivity index is 1.76. The van der Waals surface area contributed by atoms with Gasteiger partial charge in [0.1, 0.15) is 0 Å². The molecule has 1 heterocycles. The van der Waals surface area contributed by atoms with E-state index in [9.17, 15) is 9.90 Å². The molecule has 0 radical (unpaired) electrons. The number of rotatable bonds is 3. The van der Waals surface area contributed by atoms with Crippen molar-refractivity contribution >= 4 is 16.7 Å². The number of benzene rings is 2. The van der Waals surface area contributed by atoms with Crippen LogP contribution in [0.4, 0.5) is 0 Å². The number of likely N-dealkylation sites (N-methyl/N-ethyl adjacent to an activating group) is 1. The number of nitrogens with zero attached hydrogens (tertiary/aromatic N) is 1. The first kappa shape index (κ1) is 16.9. The molecule has 0 unspecified atom stereocenters. The van der Waals surface area contributed by atoms with Gasteiger partial charge in [0.25, 0.3) is 0 Å². The summed E-state index contributed by atoms with van der Waals surface area (Å²) in [7, 11) is 1.79. The van der Waals surface area contributed by atoms with Crippen molar-refractivity contribution in [1.29, 1.82) is 0 Å². The molecule has 4 nitrogen and oxygen atoms in total. The largest absolute Gasteiger partial charge is 0.391 e. The molecule has 24 heavy (non-hydrogen) atoms. The summed E-state index contributed by atoms with van der Waals surface area (Å²) < 4.78 is 0. The van der Waals surface area contributed by atoms with Gasteiger partial charge in [0.15, 0.2) is 0 Å². The Bertz CT molecular complexity index is 741. The first-order valence-electron chi connectivity index (χ1n) is 8.57. The molecule has 1 fully saturated rings. The minimum absolute atomic E-state index is 0.0426. The molecule has 4 heteroatoms. The van der Waals surface area contributed by atoms with E-state index in [1.54, 1.807) is 11.9 Å². The van der Waals surface area contributed by atoms with Gasteiger partial charge in [0.2, 0.25) is 5.91 Å². The number of piperidine rings is 1. The van der Waals surface area contributed by atoms with Crippen molar-refractivity contribution in [2.24, 2.45) is 0 Å². The fourth-order valence-corrected chi connectivity index (χ4v) is 3.45. The van der Waals surface area contributed by atoms with Gasteiger partial charge in [-0.25, -0.2) is 0 Å². The second kappa shape index (κ2) is 6.54. The SMILES string of the molecule is CNC(C)(C)C(=O)N1CC[C@@H](c2ccc3ccccc3c2)[C@H](O)C1. The Morgan fingerprint density at radius 1 is 1.21 bits per heavy atom. The Kier molecular flexibility index (Phi) is 4.61. The van der Waals surface area contributed by atoms with Crippen LogP contribution in [0.15, 0.2) is 42.5 Å². The number of carbonyl (C=O) groups is 1. The van der Waals surface area contributed by atoms with E-state index in [4.69, 9.17) is 0 Å². The van der Waals surface area contributed by atoms with Crippen LogP contribution in [0.1, 0.15) is 31.7 Å². The van der Waals surface area contributed by atoms with Crippen LogP contribution >= 0.6 is 0 Å². The Labute approximate surface area is 143 Å². The zero-order valence-corrected chi connectivity index (χ0v) is 14.6. The quantitative estimate of drug-likeness (QED) is 0.911. The van der Waals surface area contributed by atoms with E-state index in [1.807, 2.05) is 26.0 Å². The van der Waals surface area contributed by atoms with Crippen LogP contribution in [0.2, 0.25) is 0 Å². The van der Waals surface area contributed by atoms with Gasteiger partial charge < -0.3 is 15.3 Å². The highest BCUT2D eigenvalue weighted by Gasteiger charge is 2.36. The summed E-state index contributed by atoms with van der Waals surface area (Å²) in [5.74, 6) is 0.123. The van der Waals surface area contributed by atoms with Crippen LogP contribution in [-0.4, -0.2) is 47.7 Å². The second-order valence-electron chi connectivity index (χ2n) is 7.20. The molecule has 0 saturated carbocycles. The summed E-state index contributed by atoms with van der Waals surface area (Å²) in [6, 6.07) is 14.6. The summed E-state index contributed by atoms with van der Waals surface area (Å²) in [6.07, 6.45) is 0.252. The molecule has 2 aromatic carbocycles. The highest BCUT2D eigenvalue weighted by molar-refractivity contribution is 5.86. The summed E-state index contributed by atoms with van der Waals surface area (Å²) >= 11 is 0. The molecule has 0 aromatic heterocycles. The number of hydrogen-bond donors (Lipinski definition) is 2. The second-order valence-corrected chi connectivity index (χ2v) is 7.20. The van der Waals surface area contributed by atoms with Gasteiger partial charge in [-0.15, -0.1) is 0 Å². The van der Waals surface area contributed by atoms with E-state index in [0.717, 1.165) is 12.0 Å². The molecule has 1 saturated heterocycles. The van der Waals surface area contributed by atoms with Gasteiger partial charge in [0.05, 0.1) is 11.6 Å². The molecular formula is C20H26N2O2. The number of aliphatic hydroxyl groups excluding tert-OH is 1. The third-order valence-electron chi connectivity index (χ3n) is 5.23.